The summed E-state index contributed by atoms with van der Waals surface area (Å²) in [5.74, 6) is -3.06. The fourth-order valence-corrected chi connectivity index (χ4v) is 2.30. The maximum atomic E-state index is 12.0. The molecule has 0 amide bonds. The minimum absolute atomic E-state index is 0.117. The van der Waals surface area contributed by atoms with Crippen molar-refractivity contribution in [2.24, 2.45) is 5.92 Å². The molecule has 0 unspecified atom stereocenters. The highest BCUT2D eigenvalue weighted by molar-refractivity contribution is 6.26. The van der Waals surface area contributed by atoms with Gasteiger partial charge in [-0.25, -0.2) is 4.79 Å². The molecule has 2 aliphatic rings. The molecule has 0 saturated carbocycles. The summed E-state index contributed by atoms with van der Waals surface area (Å²) in [7, 11) is 0. The van der Waals surface area contributed by atoms with Gasteiger partial charge in [0.15, 0.2) is 0 Å². The van der Waals surface area contributed by atoms with Crippen LogP contribution in [0.4, 0.5) is 0 Å². The number of carbonyl (C=O) groups excluding carboxylic acids is 1. The molecule has 0 aromatic carbocycles. The molecule has 0 radical (unpaired) electrons. The maximum Gasteiger partial charge on any atom is 0.339 e. The predicted molar refractivity (Wildman–Crippen MR) is 60.2 cm³/mol. The molecule has 0 aromatic heterocycles. The van der Waals surface area contributed by atoms with Crippen molar-refractivity contribution in [1.82, 2.24) is 0 Å². The normalized spacial score (nSPS) is 27.7. The molecule has 1 N–H and O–H groups in total. The largest absolute Gasteiger partial charge is 0.872 e. The number of hydrogen-bond acceptors (Lipinski definition) is 4. The van der Waals surface area contributed by atoms with E-state index in [1.807, 2.05) is 13.8 Å². The highest BCUT2D eigenvalue weighted by atomic mass is 16.5. The van der Waals surface area contributed by atoms with Gasteiger partial charge in [-0.15, -0.1) is 0 Å². The first-order valence-electron chi connectivity index (χ1n) is 5.62. The van der Waals surface area contributed by atoms with E-state index in [2.05, 4.69) is 0 Å². The van der Waals surface area contributed by atoms with E-state index in [9.17, 15) is 14.7 Å². The molecule has 1 aliphatic heterocycles. The highest BCUT2D eigenvalue weighted by Gasteiger charge is 2.37. The maximum absolute atomic E-state index is 12.0. The Labute approximate surface area is 104 Å². The molecule has 0 aromatic rings. The SMILES string of the molecule is CC1=C2C(=CO[C@H](C)[C@H]2C)C(=O)C(C(=O)O)=C1[O-]. The van der Waals surface area contributed by atoms with E-state index in [4.69, 9.17) is 9.84 Å². The zero-order valence-electron chi connectivity index (χ0n) is 10.3. The number of carboxylic acids is 1. The molecule has 2 atom stereocenters. The summed E-state index contributed by atoms with van der Waals surface area (Å²) < 4.78 is 5.31. The lowest BCUT2D eigenvalue weighted by atomic mass is 9.78. The van der Waals surface area contributed by atoms with Gasteiger partial charge in [-0.3, -0.25) is 4.79 Å². The Morgan fingerprint density at radius 2 is 2.06 bits per heavy atom. The Hall–Kier alpha value is -2.04. The molecule has 0 bridgehead atoms. The van der Waals surface area contributed by atoms with Crippen molar-refractivity contribution in [3.05, 3.63) is 34.3 Å². The number of ether oxygens (including phenoxy) is 1. The van der Waals surface area contributed by atoms with Crippen LogP contribution < -0.4 is 5.11 Å². The van der Waals surface area contributed by atoms with Crippen molar-refractivity contribution in [2.45, 2.75) is 26.9 Å². The number of rotatable bonds is 1. The number of fused-ring (bicyclic) bond motifs is 1. The molecule has 5 nitrogen and oxygen atoms in total. The van der Waals surface area contributed by atoms with Gasteiger partial charge < -0.3 is 14.9 Å². The van der Waals surface area contributed by atoms with E-state index in [0.29, 0.717) is 11.1 Å². The van der Waals surface area contributed by atoms with E-state index in [1.54, 1.807) is 6.92 Å². The van der Waals surface area contributed by atoms with Crippen LogP contribution >= 0.6 is 0 Å². The van der Waals surface area contributed by atoms with Crippen LogP contribution in [0.5, 0.6) is 0 Å². The third-order valence-corrected chi connectivity index (χ3v) is 3.51. The number of Topliss-reactive ketones (excluding diaryl/α,β-unsaturated/α-hetero) is 1. The molecule has 96 valence electrons. The van der Waals surface area contributed by atoms with E-state index in [-0.39, 0.29) is 17.6 Å². The van der Waals surface area contributed by atoms with Crippen molar-refractivity contribution in [3.8, 4) is 0 Å². The van der Waals surface area contributed by atoms with Crippen molar-refractivity contribution in [2.75, 3.05) is 0 Å². The van der Waals surface area contributed by atoms with Gasteiger partial charge in [-0.1, -0.05) is 18.3 Å². The Bertz CT molecular complexity index is 536. The molecule has 1 heterocycles. The van der Waals surface area contributed by atoms with Gasteiger partial charge in [0.25, 0.3) is 0 Å². The van der Waals surface area contributed by atoms with Crippen LogP contribution in [-0.4, -0.2) is 23.0 Å². The molecule has 0 saturated heterocycles. The van der Waals surface area contributed by atoms with Crippen LogP contribution in [0.15, 0.2) is 34.3 Å². The van der Waals surface area contributed by atoms with Crippen LogP contribution in [0.2, 0.25) is 0 Å². The smallest absolute Gasteiger partial charge is 0.339 e. The Balaban J connectivity index is 2.69. The van der Waals surface area contributed by atoms with Crippen molar-refractivity contribution in [3.63, 3.8) is 0 Å². The van der Waals surface area contributed by atoms with Gasteiger partial charge in [0.2, 0.25) is 5.78 Å². The molecule has 1 aliphatic carbocycles. The number of carboxylic acid groups (broad SMARTS) is 1. The number of carbonyl (C=O) groups is 2. The minimum atomic E-state index is -1.49. The molecule has 0 fully saturated rings. The van der Waals surface area contributed by atoms with Gasteiger partial charge in [-0.05, 0) is 19.4 Å². The van der Waals surface area contributed by atoms with Gasteiger partial charge in [0.1, 0.15) is 6.10 Å². The summed E-state index contributed by atoms with van der Waals surface area (Å²) in [6.07, 6.45) is 1.12. The minimum Gasteiger partial charge on any atom is -0.872 e. The van der Waals surface area contributed by atoms with Crippen LogP contribution in [-0.2, 0) is 14.3 Å². The summed E-state index contributed by atoms with van der Waals surface area (Å²) in [6, 6.07) is 0. The van der Waals surface area contributed by atoms with Gasteiger partial charge in [-0.2, -0.15) is 0 Å². The van der Waals surface area contributed by atoms with Crippen molar-refractivity contribution in [1.29, 1.82) is 0 Å². The third kappa shape index (κ3) is 1.54. The fraction of sp³-hybridized carbons (Fsp3) is 0.385. The first-order valence-corrected chi connectivity index (χ1v) is 5.62. The topological polar surface area (TPSA) is 86.7 Å². The number of ketones is 1. The highest BCUT2D eigenvalue weighted by Crippen LogP contribution is 2.38. The molecular weight excluding hydrogens is 236 g/mol. The molecule has 5 heteroatoms. The van der Waals surface area contributed by atoms with Crippen molar-refractivity contribution >= 4 is 11.8 Å². The zero-order valence-corrected chi connectivity index (χ0v) is 10.3. The summed E-state index contributed by atoms with van der Waals surface area (Å²) in [4.78, 5) is 23.0. The second-order valence-electron chi connectivity index (χ2n) is 4.54. The number of hydrogen-bond donors (Lipinski definition) is 1. The summed E-state index contributed by atoms with van der Waals surface area (Å²) in [6.45, 7) is 5.24. The van der Waals surface area contributed by atoms with Gasteiger partial charge in [0.05, 0.1) is 17.4 Å². The Morgan fingerprint density at radius 3 is 2.61 bits per heavy atom. The monoisotopic (exact) mass is 249 g/mol. The van der Waals surface area contributed by atoms with Crippen LogP contribution in [0, 0.1) is 5.92 Å². The van der Waals surface area contributed by atoms with E-state index < -0.39 is 23.1 Å². The second kappa shape index (κ2) is 4.01. The van der Waals surface area contributed by atoms with Gasteiger partial charge >= 0.3 is 5.97 Å². The fourth-order valence-electron chi connectivity index (χ4n) is 2.30. The lowest BCUT2D eigenvalue weighted by Gasteiger charge is -2.35. The summed E-state index contributed by atoms with van der Waals surface area (Å²) >= 11 is 0. The van der Waals surface area contributed by atoms with E-state index in [1.165, 1.54) is 6.26 Å². The quantitative estimate of drug-likeness (QED) is 0.685. The zero-order chi connectivity index (χ0) is 13.6. The standard InChI is InChI=1S/C13H14O5/c1-5-7(3)18-4-8-9(5)6(2)11(14)10(12(8)15)13(16)17/h4-5,7,14H,1-3H3,(H,16,17)/p-1/t5-,7-/m1/s1. The molecule has 0 spiro atoms. The van der Waals surface area contributed by atoms with Gasteiger partial charge in [0, 0.05) is 5.92 Å². The van der Waals surface area contributed by atoms with Crippen LogP contribution in [0.3, 0.4) is 0 Å². The van der Waals surface area contributed by atoms with E-state index in [0.717, 1.165) is 0 Å². The Kier molecular flexibility index (Phi) is 2.77. The summed E-state index contributed by atoms with van der Waals surface area (Å²) in [5, 5.41) is 20.9. The number of aliphatic carboxylic acids is 1. The number of allylic oxidation sites excluding steroid dienone is 2. The summed E-state index contributed by atoms with van der Waals surface area (Å²) in [5.41, 5.74) is 0.414. The average molecular weight is 249 g/mol. The third-order valence-electron chi connectivity index (χ3n) is 3.51. The van der Waals surface area contributed by atoms with E-state index >= 15 is 0 Å². The average Bonchev–Trinajstić information content (AvgIpc) is 2.29. The first-order chi connectivity index (χ1) is 8.36. The molecular formula is C13H13O5-. The predicted octanol–water partition coefficient (Wildman–Crippen LogP) is 0.523. The second-order valence-corrected chi connectivity index (χ2v) is 4.54. The Morgan fingerprint density at radius 1 is 1.44 bits per heavy atom. The molecule has 18 heavy (non-hydrogen) atoms. The van der Waals surface area contributed by atoms with Crippen LogP contribution in [0.1, 0.15) is 20.8 Å². The lowest BCUT2D eigenvalue weighted by Crippen LogP contribution is -2.34. The lowest BCUT2D eigenvalue weighted by molar-refractivity contribution is -0.299. The molecule has 2 rings (SSSR count). The first kappa shape index (κ1) is 12.4. The van der Waals surface area contributed by atoms with Crippen LogP contribution in [0.25, 0.3) is 0 Å². The van der Waals surface area contributed by atoms with Crippen molar-refractivity contribution < 1.29 is 24.5 Å².